The summed E-state index contributed by atoms with van der Waals surface area (Å²) in [6, 6.07) is 1.90. The molecule has 102 valence electrons. The maximum Gasteiger partial charge on any atom is 0.252 e. The highest BCUT2D eigenvalue weighted by Crippen LogP contribution is 2.17. The molecule has 3 N–H and O–H groups in total. The van der Waals surface area contributed by atoms with E-state index in [1.165, 1.54) is 0 Å². The fourth-order valence-corrected chi connectivity index (χ4v) is 1.82. The minimum absolute atomic E-state index is 0. The van der Waals surface area contributed by atoms with Gasteiger partial charge in [-0.1, -0.05) is 6.92 Å². The van der Waals surface area contributed by atoms with Crippen molar-refractivity contribution < 1.29 is 13.6 Å². The molecule has 0 aromatic heterocycles. The largest absolute Gasteiger partial charge is 0.352 e. The molecule has 1 rings (SSSR count). The molecular weight excluding hydrogens is 376 g/mol. The van der Waals surface area contributed by atoms with Crippen LogP contribution in [0.3, 0.4) is 0 Å². The van der Waals surface area contributed by atoms with Gasteiger partial charge >= 0.3 is 0 Å². The third kappa shape index (κ3) is 4.66. The SMILES string of the molecule is CC(CN)CNC(=O)c1cc(F)c(F)cc1I.Cl. The lowest BCUT2D eigenvalue weighted by atomic mass is 10.1. The van der Waals surface area contributed by atoms with Gasteiger partial charge < -0.3 is 11.1 Å². The second kappa shape index (κ2) is 7.85. The first-order valence-corrected chi connectivity index (χ1v) is 6.16. The minimum atomic E-state index is -1.03. The number of carbonyl (C=O) groups is 1. The first-order valence-electron chi connectivity index (χ1n) is 5.08. The van der Waals surface area contributed by atoms with Crippen molar-refractivity contribution in [2.45, 2.75) is 6.92 Å². The van der Waals surface area contributed by atoms with Gasteiger partial charge in [-0.25, -0.2) is 8.78 Å². The summed E-state index contributed by atoms with van der Waals surface area (Å²) < 4.78 is 26.2. The first-order chi connectivity index (χ1) is 7.95. The molecule has 3 nitrogen and oxygen atoms in total. The number of rotatable bonds is 4. The molecule has 0 spiro atoms. The molecule has 0 radical (unpaired) electrons. The lowest BCUT2D eigenvalue weighted by molar-refractivity contribution is 0.0947. The molecule has 0 saturated heterocycles. The van der Waals surface area contributed by atoms with Crippen molar-refractivity contribution in [1.29, 1.82) is 0 Å². The smallest absolute Gasteiger partial charge is 0.252 e. The van der Waals surface area contributed by atoms with Crippen LogP contribution in [0, 0.1) is 21.1 Å². The summed E-state index contributed by atoms with van der Waals surface area (Å²) in [5.74, 6) is -2.26. The van der Waals surface area contributed by atoms with Gasteiger partial charge in [0.05, 0.1) is 5.56 Å². The Morgan fingerprint density at radius 3 is 2.56 bits per heavy atom. The maximum absolute atomic E-state index is 13.0. The molecule has 0 aliphatic rings. The van der Waals surface area contributed by atoms with E-state index in [1.807, 2.05) is 6.92 Å². The van der Waals surface area contributed by atoms with Crippen LogP contribution in [0.1, 0.15) is 17.3 Å². The minimum Gasteiger partial charge on any atom is -0.352 e. The van der Waals surface area contributed by atoms with Gasteiger partial charge in [0.15, 0.2) is 11.6 Å². The highest BCUT2D eigenvalue weighted by atomic mass is 127. The molecule has 0 aliphatic carbocycles. The van der Waals surface area contributed by atoms with Crippen LogP contribution in [-0.2, 0) is 0 Å². The zero-order valence-electron chi connectivity index (χ0n) is 9.67. The van der Waals surface area contributed by atoms with E-state index in [-0.39, 0.29) is 23.9 Å². The van der Waals surface area contributed by atoms with Crippen LogP contribution < -0.4 is 11.1 Å². The second-order valence-corrected chi connectivity index (χ2v) is 4.96. The lowest BCUT2D eigenvalue weighted by Gasteiger charge is -2.11. The number of halogens is 4. The summed E-state index contributed by atoms with van der Waals surface area (Å²) in [6.07, 6.45) is 0. The predicted molar refractivity (Wildman–Crippen MR) is 76.9 cm³/mol. The fraction of sp³-hybridized carbons (Fsp3) is 0.364. The van der Waals surface area contributed by atoms with Gasteiger partial charge in [0.2, 0.25) is 0 Å². The molecule has 18 heavy (non-hydrogen) atoms. The number of nitrogens with two attached hydrogens (primary N) is 1. The molecule has 0 heterocycles. The van der Waals surface area contributed by atoms with Crippen molar-refractivity contribution >= 4 is 40.9 Å². The summed E-state index contributed by atoms with van der Waals surface area (Å²) in [4.78, 5) is 11.7. The third-order valence-corrected chi connectivity index (χ3v) is 3.16. The van der Waals surface area contributed by atoms with Gasteiger partial charge in [-0.15, -0.1) is 12.4 Å². The second-order valence-electron chi connectivity index (χ2n) is 3.80. The number of hydrogen-bond acceptors (Lipinski definition) is 2. The van der Waals surface area contributed by atoms with E-state index in [1.54, 1.807) is 22.6 Å². The van der Waals surface area contributed by atoms with Crippen LogP contribution in [0.15, 0.2) is 12.1 Å². The molecule has 1 atom stereocenters. The highest BCUT2D eigenvalue weighted by molar-refractivity contribution is 14.1. The summed E-state index contributed by atoms with van der Waals surface area (Å²) in [6.45, 7) is 2.75. The Labute approximate surface area is 124 Å². The Bertz CT molecular complexity index is 432. The maximum atomic E-state index is 13.0. The van der Waals surface area contributed by atoms with Crippen molar-refractivity contribution in [2.75, 3.05) is 13.1 Å². The van der Waals surface area contributed by atoms with Crippen LogP contribution in [0.5, 0.6) is 0 Å². The molecule has 0 saturated carbocycles. The van der Waals surface area contributed by atoms with E-state index < -0.39 is 17.5 Å². The summed E-state index contributed by atoms with van der Waals surface area (Å²) in [5, 5.41) is 2.62. The molecule has 1 amide bonds. The number of carbonyl (C=O) groups excluding carboxylic acids is 1. The van der Waals surface area contributed by atoms with Crippen molar-refractivity contribution in [3.8, 4) is 0 Å². The summed E-state index contributed by atoms with van der Waals surface area (Å²) >= 11 is 1.79. The number of amides is 1. The zero-order valence-corrected chi connectivity index (χ0v) is 12.6. The van der Waals surface area contributed by atoms with Gasteiger partial charge in [-0.2, -0.15) is 0 Å². The van der Waals surface area contributed by atoms with E-state index >= 15 is 0 Å². The van der Waals surface area contributed by atoms with Crippen LogP contribution in [0.4, 0.5) is 8.78 Å². The molecule has 1 unspecified atom stereocenters. The summed E-state index contributed by atoms with van der Waals surface area (Å²) in [5.41, 5.74) is 5.54. The Kier molecular flexibility index (Phi) is 7.65. The number of hydrogen-bond donors (Lipinski definition) is 2. The van der Waals surface area contributed by atoms with Crippen LogP contribution >= 0.6 is 35.0 Å². The van der Waals surface area contributed by atoms with E-state index in [9.17, 15) is 13.6 Å². The van der Waals surface area contributed by atoms with Crippen LogP contribution in [-0.4, -0.2) is 19.0 Å². The molecule has 0 bridgehead atoms. The third-order valence-electron chi connectivity index (χ3n) is 2.27. The van der Waals surface area contributed by atoms with E-state index in [2.05, 4.69) is 5.32 Å². The first kappa shape index (κ1) is 17.5. The van der Waals surface area contributed by atoms with Crippen molar-refractivity contribution in [3.63, 3.8) is 0 Å². The Balaban J connectivity index is 0.00000289. The van der Waals surface area contributed by atoms with Gasteiger partial charge in [0, 0.05) is 10.1 Å². The van der Waals surface area contributed by atoms with Crippen molar-refractivity contribution in [2.24, 2.45) is 11.7 Å². The average Bonchev–Trinajstić information content (AvgIpc) is 2.30. The average molecular weight is 391 g/mol. The van der Waals surface area contributed by atoms with Crippen molar-refractivity contribution in [1.82, 2.24) is 5.32 Å². The van der Waals surface area contributed by atoms with Gasteiger partial charge in [-0.3, -0.25) is 4.79 Å². The van der Waals surface area contributed by atoms with E-state index in [0.29, 0.717) is 16.7 Å². The van der Waals surface area contributed by atoms with Crippen LogP contribution in [0.25, 0.3) is 0 Å². The Morgan fingerprint density at radius 1 is 1.44 bits per heavy atom. The monoisotopic (exact) mass is 390 g/mol. The highest BCUT2D eigenvalue weighted by Gasteiger charge is 2.14. The zero-order chi connectivity index (χ0) is 13.0. The quantitative estimate of drug-likeness (QED) is 0.612. The molecule has 1 aromatic rings. The number of nitrogens with one attached hydrogen (secondary N) is 1. The Hall–Kier alpha value is -0.470. The lowest BCUT2D eigenvalue weighted by Crippen LogP contribution is -2.31. The standard InChI is InChI=1S/C11H13F2IN2O.ClH/c1-6(4-15)5-16-11(17)7-2-8(12)9(13)3-10(7)14;/h2-3,6H,4-5,15H2,1H3,(H,16,17);1H. The van der Waals surface area contributed by atoms with Crippen LogP contribution in [0.2, 0.25) is 0 Å². The van der Waals surface area contributed by atoms with Gasteiger partial charge in [0.1, 0.15) is 0 Å². The number of benzene rings is 1. The van der Waals surface area contributed by atoms with E-state index in [0.717, 1.165) is 12.1 Å². The van der Waals surface area contributed by atoms with E-state index in [4.69, 9.17) is 5.73 Å². The normalized spacial score (nSPS) is 11.6. The fourth-order valence-electron chi connectivity index (χ4n) is 1.14. The van der Waals surface area contributed by atoms with Gasteiger partial charge in [0.25, 0.3) is 5.91 Å². The molecule has 0 fully saturated rings. The molecule has 1 aromatic carbocycles. The van der Waals surface area contributed by atoms with Crippen molar-refractivity contribution in [3.05, 3.63) is 32.9 Å². The molecule has 7 heteroatoms. The topological polar surface area (TPSA) is 55.1 Å². The predicted octanol–water partition coefficient (Wildman–Crippen LogP) is 2.32. The Morgan fingerprint density at radius 2 is 2.00 bits per heavy atom. The van der Waals surface area contributed by atoms with Gasteiger partial charge in [-0.05, 0) is 47.2 Å². The summed E-state index contributed by atoms with van der Waals surface area (Å²) in [7, 11) is 0. The molecule has 0 aliphatic heterocycles. The molecular formula is C11H14ClF2IN2O.